The number of carbonyl (C=O) groups excluding carboxylic acids is 1. The zero-order valence-corrected chi connectivity index (χ0v) is 14.7. The number of aryl methyl sites for hydroxylation is 2. The number of ether oxygens (including phenoxy) is 1. The van der Waals surface area contributed by atoms with Gasteiger partial charge in [-0.2, -0.15) is 0 Å². The van der Waals surface area contributed by atoms with Crippen molar-refractivity contribution in [2.45, 2.75) is 13.5 Å². The summed E-state index contributed by atoms with van der Waals surface area (Å²) in [5.41, 5.74) is 1.70. The summed E-state index contributed by atoms with van der Waals surface area (Å²) in [5.74, 6) is -0.184. The highest BCUT2D eigenvalue weighted by Gasteiger charge is 2.14. The molecule has 7 heteroatoms. The van der Waals surface area contributed by atoms with Crippen LogP contribution >= 0.6 is 11.3 Å². The van der Waals surface area contributed by atoms with E-state index in [9.17, 15) is 9.59 Å². The molecule has 1 amide bonds. The van der Waals surface area contributed by atoms with Gasteiger partial charge in [-0.25, -0.2) is 4.98 Å². The highest BCUT2D eigenvalue weighted by molar-refractivity contribution is 7.13. The van der Waals surface area contributed by atoms with Crippen molar-refractivity contribution >= 4 is 22.4 Å². The number of nitrogens with zero attached hydrogens (tertiary/aromatic N) is 2. The highest BCUT2D eigenvalue weighted by atomic mass is 32.1. The van der Waals surface area contributed by atoms with Gasteiger partial charge < -0.3 is 9.30 Å². The van der Waals surface area contributed by atoms with Crippen molar-refractivity contribution in [3.8, 4) is 5.75 Å². The lowest BCUT2D eigenvalue weighted by molar-refractivity contribution is 0.101. The number of hydrogen-bond donors (Lipinski definition) is 1. The van der Waals surface area contributed by atoms with Gasteiger partial charge in [-0.1, -0.05) is 30.3 Å². The fourth-order valence-corrected chi connectivity index (χ4v) is 2.93. The van der Waals surface area contributed by atoms with Crippen molar-refractivity contribution in [2.75, 3.05) is 5.32 Å². The molecule has 0 spiro atoms. The Morgan fingerprint density at radius 2 is 2.08 bits per heavy atom. The number of benzene rings is 1. The smallest absolute Gasteiger partial charge is 0.274 e. The van der Waals surface area contributed by atoms with Crippen LogP contribution in [0.25, 0.3) is 0 Å². The summed E-state index contributed by atoms with van der Waals surface area (Å²) in [5, 5.41) is 5.03. The van der Waals surface area contributed by atoms with Crippen molar-refractivity contribution in [1.82, 2.24) is 9.55 Å². The molecule has 0 saturated carbocycles. The number of anilines is 1. The molecule has 6 nitrogen and oxygen atoms in total. The average Bonchev–Trinajstić information content (AvgIpc) is 3.01. The van der Waals surface area contributed by atoms with Gasteiger partial charge in [0.05, 0.1) is 11.9 Å². The van der Waals surface area contributed by atoms with Gasteiger partial charge in [0, 0.05) is 18.5 Å². The Morgan fingerprint density at radius 1 is 1.32 bits per heavy atom. The van der Waals surface area contributed by atoms with Gasteiger partial charge in [0.1, 0.15) is 12.3 Å². The number of aromatic nitrogens is 2. The fraction of sp³-hybridized carbons (Fsp3) is 0.167. The number of hydrogen-bond acceptors (Lipinski definition) is 5. The minimum atomic E-state index is -0.386. The largest absolute Gasteiger partial charge is 0.483 e. The van der Waals surface area contributed by atoms with E-state index in [0.29, 0.717) is 11.7 Å². The van der Waals surface area contributed by atoms with Crippen molar-refractivity contribution < 1.29 is 9.53 Å². The molecular formula is C18H17N3O3S. The van der Waals surface area contributed by atoms with E-state index in [1.807, 2.05) is 42.6 Å². The van der Waals surface area contributed by atoms with Crippen molar-refractivity contribution in [1.29, 1.82) is 0 Å². The zero-order valence-electron chi connectivity index (χ0n) is 13.9. The number of pyridine rings is 1. The summed E-state index contributed by atoms with van der Waals surface area (Å²) in [6.07, 6.45) is 1.52. The molecule has 0 bridgehead atoms. The van der Waals surface area contributed by atoms with E-state index in [0.717, 1.165) is 11.3 Å². The van der Waals surface area contributed by atoms with E-state index >= 15 is 0 Å². The molecule has 2 heterocycles. The Labute approximate surface area is 148 Å². The standard InChI is InChI=1S/C18H17N3O3S/c1-12-11-25-18(19-12)20-17(23)14-8-15(22)16(9-21(14)2)24-10-13-6-4-3-5-7-13/h3-9,11H,10H2,1-2H3,(H,19,20,23). The molecule has 1 aromatic carbocycles. The number of carbonyl (C=O) groups is 1. The SMILES string of the molecule is Cc1csc(NC(=O)c2cc(=O)c(OCc3ccccc3)cn2C)n1. The van der Waals surface area contributed by atoms with Crippen LogP contribution in [-0.4, -0.2) is 15.5 Å². The molecule has 0 unspecified atom stereocenters. The molecule has 0 aliphatic heterocycles. The molecule has 0 aliphatic carbocycles. The highest BCUT2D eigenvalue weighted by Crippen LogP contribution is 2.16. The van der Waals surface area contributed by atoms with Crippen LogP contribution in [0.5, 0.6) is 5.75 Å². The van der Waals surface area contributed by atoms with Gasteiger partial charge >= 0.3 is 0 Å². The third-order valence-electron chi connectivity index (χ3n) is 3.51. The van der Waals surface area contributed by atoms with Gasteiger partial charge in [-0.15, -0.1) is 11.3 Å². The molecule has 0 aliphatic rings. The minimum absolute atomic E-state index is 0.202. The normalized spacial score (nSPS) is 10.5. The van der Waals surface area contributed by atoms with Crippen LogP contribution in [0.2, 0.25) is 0 Å². The number of nitrogens with one attached hydrogen (secondary N) is 1. The minimum Gasteiger partial charge on any atom is -0.483 e. The first-order valence-electron chi connectivity index (χ1n) is 7.64. The summed E-state index contributed by atoms with van der Waals surface area (Å²) in [4.78, 5) is 28.8. The van der Waals surface area contributed by atoms with Gasteiger partial charge in [-0.05, 0) is 12.5 Å². The Kier molecular flexibility index (Phi) is 4.95. The van der Waals surface area contributed by atoms with E-state index in [2.05, 4.69) is 10.3 Å². The topological polar surface area (TPSA) is 73.2 Å². The zero-order chi connectivity index (χ0) is 17.8. The number of amides is 1. The Bertz CT molecular complexity index is 948. The summed E-state index contributed by atoms with van der Waals surface area (Å²) >= 11 is 1.34. The summed E-state index contributed by atoms with van der Waals surface area (Å²) in [7, 11) is 1.69. The van der Waals surface area contributed by atoms with Gasteiger partial charge in [-0.3, -0.25) is 14.9 Å². The monoisotopic (exact) mass is 355 g/mol. The Hall–Kier alpha value is -2.93. The maximum atomic E-state index is 12.3. The van der Waals surface area contributed by atoms with E-state index < -0.39 is 0 Å². The fourth-order valence-electron chi connectivity index (χ4n) is 2.25. The lowest BCUT2D eigenvalue weighted by atomic mass is 10.2. The maximum absolute atomic E-state index is 12.3. The van der Waals surface area contributed by atoms with Crippen LogP contribution < -0.4 is 15.5 Å². The summed E-state index contributed by atoms with van der Waals surface area (Å²) in [6, 6.07) is 10.8. The van der Waals surface area contributed by atoms with Crippen molar-refractivity contribution in [3.63, 3.8) is 0 Å². The third-order valence-corrected chi connectivity index (χ3v) is 4.39. The first-order valence-corrected chi connectivity index (χ1v) is 8.52. The van der Waals surface area contributed by atoms with E-state index in [1.54, 1.807) is 11.6 Å². The van der Waals surface area contributed by atoms with Gasteiger partial charge in [0.2, 0.25) is 5.43 Å². The van der Waals surface area contributed by atoms with Crippen LogP contribution in [0.15, 0.2) is 52.8 Å². The molecule has 0 fully saturated rings. The van der Waals surface area contributed by atoms with Crippen LogP contribution in [0, 0.1) is 6.92 Å². The molecular weight excluding hydrogens is 338 g/mol. The lowest BCUT2D eigenvalue weighted by Gasteiger charge is -2.11. The second-order valence-electron chi connectivity index (χ2n) is 5.52. The van der Waals surface area contributed by atoms with Crippen LogP contribution in [0.3, 0.4) is 0 Å². The summed E-state index contributed by atoms with van der Waals surface area (Å²) < 4.78 is 7.15. The molecule has 25 heavy (non-hydrogen) atoms. The number of rotatable bonds is 5. The Morgan fingerprint density at radius 3 is 2.76 bits per heavy atom. The second-order valence-corrected chi connectivity index (χ2v) is 6.38. The van der Waals surface area contributed by atoms with Crippen LogP contribution in [-0.2, 0) is 13.7 Å². The molecule has 1 N–H and O–H groups in total. The van der Waals surface area contributed by atoms with Crippen LogP contribution in [0.4, 0.5) is 5.13 Å². The van der Waals surface area contributed by atoms with Crippen molar-refractivity contribution in [3.05, 3.63) is 75.1 Å². The first-order chi connectivity index (χ1) is 12.0. The average molecular weight is 355 g/mol. The lowest BCUT2D eigenvalue weighted by Crippen LogP contribution is -2.21. The van der Waals surface area contributed by atoms with Crippen LogP contribution in [0.1, 0.15) is 21.7 Å². The van der Waals surface area contributed by atoms with E-state index in [1.165, 1.54) is 23.6 Å². The van der Waals surface area contributed by atoms with E-state index in [4.69, 9.17) is 4.74 Å². The molecule has 0 saturated heterocycles. The van der Waals surface area contributed by atoms with Crippen molar-refractivity contribution in [2.24, 2.45) is 7.05 Å². The molecule has 0 atom stereocenters. The molecule has 2 aromatic heterocycles. The molecule has 3 aromatic rings. The predicted molar refractivity (Wildman–Crippen MR) is 97.3 cm³/mol. The first kappa shape index (κ1) is 16.9. The maximum Gasteiger partial charge on any atom is 0.274 e. The number of thiazole rings is 1. The molecule has 3 rings (SSSR count). The quantitative estimate of drug-likeness (QED) is 0.764. The van der Waals surface area contributed by atoms with Gasteiger partial charge in [0.25, 0.3) is 5.91 Å². The van der Waals surface area contributed by atoms with Gasteiger partial charge in [0.15, 0.2) is 10.9 Å². The third kappa shape index (κ3) is 4.13. The molecule has 0 radical (unpaired) electrons. The second kappa shape index (κ2) is 7.31. The Balaban J connectivity index is 1.75. The molecule has 128 valence electrons. The van der Waals surface area contributed by atoms with E-state index in [-0.39, 0.29) is 22.8 Å². The summed E-state index contributed by atoms with van der Waals surface area (Å²) in [6.45, 7) is 2.14. The predicted octanol–water partition coefficient (Wildman–Crippen LogP) is 2.98.